The molecule has 0 spiro atoms. The van der Waals surface area contributed by atoms with Crippen LogP contribution in [0.4, 0.5) is 0 Å². The van der Waals surface area contributed by atoms with Gasteiger partial charge in [0.2, 0.25) is 0 Å². The molecule has 0 bridgehead atoms. The molecule has 0 aromatic carbocycles. The predicted molar refractivity (Wildman–Crippen MR) is 83.4 cm³/mol. The van der Waals surface area contributed by atoms with E-state index >= 15 is 0 Å². The minimum Gasteiger partial charge on any atom is -0.464 e. The fraction of sp³-hybridized carbons (Fsp3) is 0.385. The summed E-state index contributed by atoms with van der Waals surface area (Å²) in [6.45, 7) is 7.07. The highest BCUT2D eigenvalue weighted by Crippen LogP contribution is 2.38. The molecule has 0 aliphatic rings. The van der Waals surface area contributed by atoms with E-state index in [-0.39, 0.29) is 6.04 Å². The minimum absolute atomic E-state index is 0.0966. The first-order valence-electron chi connectivity index (χ1n) is 5.78. The molecular formula is C13H15Br2NOS. The first kappa shape index (κ1) is 14.3. The Labute approximate surface area is 128 Å². The summed E-state index contributed by atoms with van der Waals surface area (Å²) in [5.74, 6) is 1.95. The molecular weight excluding hydrogens is 378 g/mol. The van der Waals surface area contributed by atoms with Crippen LogP contribution in [0.3, 0.4) is 0 Å². The standard InChI is InChI=1S/C13H15Br2NOS/c1-4-16-12(9-6-11(14)18-13(9)15)10-5-7(2)8(3)17-10/h5-6,12,16H,4H2,1-3H3. The van der Waals surface area contributed by atoms with Crippen molar-refractivity contribution in [1.82, 2.24) is 5.32 Å². The summed E-state index contributed by atoms with van der Waals surface area (Å²) in [5, 5.41) is 3.47. The largest absolute Gasteiger partial charge is 0.464 e. The van der Waals surface area contributed by atoms with Crippen LogP contribution in [0.25, 0.3) is 0 Å². The lowest BCUT2D eigenvalue weighted by atomic mass is 10.1. The normalized spacial score (nSPS) is 12.9. The molecule has 2 rings (SSSR count). The second-order valence-electron chi connectivity index (χ2n) is 4.16. The van der Waals surface area contributed by atoms with Gasteiger partial charge >= 0.3 is 0 Å². The molecule has 2 heterocycles. The van der Waals surface area contributed by atoms with E-state index in [2.05, 4.69) is 63.2 Å². The molecule has 0 radical (unpaired) electrons. The van der Waals surface area contributed by atoms with Crippen LogP contribution in [-0.4, -0.2) is 6.54 Å². The van der Waals surface area contributed by atoms with Crippen LogP contribution in [0.5, 0.6) is 0 Å². The lowest BCUT2D eigenvalue weighted by Crippen LogP contribution is -2.21. The van der Waals surface area contributed by atoms with Crippen LogP contribution in [0, 0.1) is 13.8 Å². The highest BCUT2D eigenvalue weighted by molar-refractivity contribution is 9.12. The Morgan fingerprint density at radius 2 is 2.06 bits per heavy atom. The van der Waals surface area contributed by atoms with E-state index in [9.17, 15) is 0 Å². The summed E-state index contributed by atoms with van der Waals surface area (Å²) in [6, 6.07) is 4.34. The number of thiophene rings is 1. The number of hydrogen-bond acceptors (Lipinski definition) is 3. The van der Waals surface area contributed by atoms with Crippen molar-refractivity contribution >= 4 is 43.2 Å². The number of halogens is 2. The molecule has 1 unspecified atom stereocenters. The van der Waals surface area contributed by atoms with Gasteiger partial charge in [0.15, 0.2) is 0 Å². The molecule has 2 nitrogen and oxygen atoms in total. The smallest absolute Gasteiger partial charge is 0.125 e. The molecule has 5 heteroatoms. The third-order valence-corrected chi connectivity index (χ3v) is 5.26. The summed E-state index contributed by atoms with van der Waals surface area (Å²) in [7, 11) is 0. The van der Waals surface area contributed by atoms with Gasteiger partial charge in [-0.05, 0) is 69.9 Å². The van der Waals surface area contributed by atoms with Gasteiger partial charge in [0.25, 0.3) is 0 Å². The Kier molecular flexibility index (Phi) is 4.69. The first-order valence-corrected chi connectivity index (χ1v) is 8.18. The van der Waals surface area contributed by atoms with E-state index in [4.69, 9.17) is 4.42 Å². The molecule has 2 aromatic heterocycles. The molecule has 98 valence electrons. The molecule has 2 aromatic rings. The van der Waals surface area contributed by atoms with Gasteiger partial charge in [-0.25, -0.2) is 0 Å². The summed E-state index contributed by atoms with van der Waals surface area (Å²) < 4.78 is 8.10. The van der Waals surface area contributed by atoms with Gasteiger partial charge in [-0.3, -0.25) is 0 Å². The van der Waals surface area contributed by atoms with E-state index in [1.165, 1.54) is 11.1 Å². The summed E-state index contributed by atoms with van der Waals surface area (Å²) in [4.78, 5) is 0. The third-order valence-electron chi connectivity index (χ3n) is 2.87. The zero-order valence-electron chi connectivity index (χ0n) is 10.5. The van der Waals surface area contributed by atoms with Gasteiger partial charge < -0.3 is 9.73 Å². The molecule has 0 amide bonds. The SMILES string of the molecule is CCNC(c1cc(C)c(C)o1)c1cc(Br)sc1Br. The van der Waals surface area contributed by atoms with Gasteiger partial charge in [0.1, 0.15) is 11.5 Å². The molecule has 18 heavy (non-hydrogen) atoms. The van der Waals surface area contributed by atoms with Crippen molar-refractivity contribution in [1.29, 1.82) is 0 Å². The average molecular weight is 393 g/mol. The summed E-state index contributed by atoms with van der Waals surface area (Å²) >= 11 is 8.82. The highest BCUT2D eigenvalue weighted by atomic mass is 79.9. The summed E-state index contributed by atoms with van der Waals surface area (Å²) in [5.41, 5.74) is 2.40. The Balaban J connectivity index is 2.42. The minimum atomic E-state index is 0.0966. The maximum absolute atomic E-state index is 5.85. The molecule has 1 atom stereocenters. The quantitative estimate of drug-likeness (QED) is 0.775. The van der Waals surface area contributed by atoms with Gasteiger partial charge in [0.05, 0.1) is 13.6 Å². The number of rotatable bonds is 4. The maximum atomic E-state index is 5.85. The average Bonchev–Trinajstić information content (AvgIpc) is 2.79. The Hall–Kier alpha value is -0.100. The molecule has 0 aliphatic carbocycles. The van der Waals surface area contributed by atoms with Crippen molar-refractivity contribution < 1.29 is 4.42 Å². The maximum Gasteiger partial charge on any atom is 0.125 e. The van der Waals surface area contributed by atoms with E-state index in [0.717, 1.165) is 25.6 Å². The van der Waals surface area contributed by atoms with E-state index in [1.54, 1.807) is 11.3 Å². The van der Waals surface area contributed by atoms with Crippen molar-refractivity contribution in [3.8, 4) is 0 Å². The van der Waals surface area contributed by atoms with Crippen molar-refractivity contribution in [3.63, 3.8) is 0 Å². The van der Waals surface area contributed by atoms with Gasteiger partial charge in [-0.15, -0.1) is 11.3 Å². The van der Waals surface area contributed by atoms with Gasteiger partial charge in [-0.2, -0.15) is 0 Å². The van der Waals surface area contributed by atoms with Crippen LogP contribution >= 0.6 is 43.2 Å². The van der Waals surface area contributed by atoms with Crippen molar-refractivity contribution in [2.75, 3.05) is 6.54 Å². The molecule has 1 N–H and O–H groups in total. The van der Waals surface area contributed by atoms with Crippen LogP contribution in [0.15, 0.2) is 24.1 Å². The zero-order chi connectivity index (χ0) is 13.3. The Morgan fingerprint density at radius 1 is 1.33 bits per heavy atom. The Morgan fingerprint density at radius 3 is 2.50 bits per heavy atom. The van der Waals surface area contributed by atoms with Crippen LogP contribution < -0.4 is 5.32 Å². The highest BCUT2D eigenvalue weighted by Gasteiger charge is 2.22. The lowest BCUT2D eigenvalue weighted by molar-refractivity contribution is 0.434. The third kappa shape index (κ3) is 2.90. The fourth-order valence-electron chi connectivity index (χ4n) is 1.86. The predicted octanol–water partition coefficient (Wildman–Crippen LogP) is 5.18. The monoisotopic (exact) mass is 391 g/mol. The topological polar surface area (TPSA) is 25.2 Å². The summed E-state index contributed by atoms with van der Waals surface area (Å²) in [6.07, 6.45) is 0. The molecule has 0 saturated heterocycles. The van der Waals surface area contributed by atoms with Crippen LogP contribution in [0.1, 0.15) is 35.6 Å². The van der Waals surface area contributed by atoms with Gasteiger partial charge in [-0.1, -0.05) is 6.92 Å². The van der Waals surface area contributed by atoms with Crippen molar-refractivity contribution in [2.24, 2.45) is 0 Å². The number of hydrogen-bond donors (Lipinski definition) is 1. The van der Waals surface area contributed by atoms with E-state index in [0.29, 0.717) is 0 Å². The Bertz CT molecular complexity index is 528. The molecule has 0 saturated carbocycles. The number of furan rings is 1. The van der Waals surface area contributed by atoms with Gasteiger partial charge in [0, 0.05) is 5.56 Å². The molecule has 0 aliphatic heterocycles. The number of aryl methyl sites for hydroxylation is 2. The number of nitrogens with one attached hydrogen (secondary N) is 1. The van der Waals surface area contributed by atoms with Crippen LogP contribution in [0.2, 0.25) is 0 Å². The van der Waals surface area contributed by atoms with Crippen molar-refractivity contribution in [2.45, 2.75) is 26.8 Å². The molecule has 0 fully saturated rings. The van der Waals surface area contributed by atoms with Crippen LogP contribution in [-0.2, 0) is 0 Å². The second kappa shape index (κ2) is 5.90. The zero-order valence-corrected chi connectivity index (χ0v) is 14.5. The lowest BCUT2D eigenvalue weighted by Gasteiger charge is -2.15. The fourth-order valence-corrected chi connectivity index (χ4v) is 4.76. The van der Waals surface area contributed by atoms with Crippen molar-refractivity contribution in [3.05, 3.63) is 42.4 Å². The van der Waals surface area contributed by atoms with E-state index in [1.807, 2.05) is 6.92 Å². The second-order valence-corrected chi connectivity index (χ2v) is 7.91. The first-order chi connectivity index (χ1) is 8.52. The van der Waals surface area contributed by atoms with E-state index < -0.39 is 0 Å².